The fraction of sp³-hybridized carbons (Fsp3) is 0.267. The highest BCUT2D eigenvalue weighted by Gasteiger charge is 2.24. The van der Waals surface area contributed by atoms with Gasteiger partial charge in [0.15, 0.2) is 5.82 Å². The summed E-state index contributed by atoms with van der Waals surface area (Å²) in [7, 11) is -3.44. The van der Waals surface area contributed by atoms with E-state index in [9.17, 15) is 8.42 Å². The molecule has 1 aliphatic carbocycles. The summed E-state index contributed by atoms with van der Waals surface area (Å²) in [5.74, 6) is 1.13. The lowest BCUT2D eigenvalue weighted by atomic mass is 10.1. The molecular formula is C15H14N4O2S. The quantitative estimate of drug-likeness (QED) is 0.692. The molecule has 1 fully saturated rings. The van der Waals surface area contributed by atoms with Crippen molar-refractivity contribution in [3.05, 3.63) is 42.2 Å². The highest BCUT2D eigenvalue weighted by atomic mass is 32.2. The van der Waals surface area contributed by atoms with Gasteiger partial charge in [-0.1, -0.05) is 6.07 Å². The third-order valence-corrected chi connectivity index (χ3v) is 4.67. The van der Waals surface area contributed by atoms with E-state index in [0.29, 0.717) is 11.7 Å². The molecule has 1 aliphatic rings. The van der Waals surface area contributed by atoms with Gasteiger partial charge in [0.05, 0.1) is 11.7 Å². The van der Waals surface area contributed by atoms with Gasteiger partial charge >= 0.3 is 0 Å². The molecule has 0 bridgehead atoms. The molecule has 2 aromatic heterocycles. The number of hydrogen-bond donors (Lipinski definition) is 0. The van der Waals surface area contributed by atoms with E-state index >= 15 is 0 Å². The first-order valence-electron chi connectivity index (χ1n) is 7.03. The van der Waals surface area contributed by atoms with Crippen LogP contribution in [0.3, 0.4) is 0 Å². The van der Waals surface area contributed by atoms with Crippen LogP contribution in [0, 0.1) is 0 Å². The zero-order valence-electron chi connectivity index (χ0n) is 12.0. The number of aromatic nitrogens is 4. The van der Waals surface area contributed by atoms with Gasteiger partial charge in [-0.3, -0.25) is 0 Å². The Bertz CT molecular complexity index is 974. The lowest BCUT2D eigenvalue weighted by Gasteiger charge is -2.04. The summed E-state index contributed by atoms with van der Waals surface area (Å²) in [6.45, 7) is 0. The molecule has 0 aliphatic heterocycles. The van der Waals surface area contributed by atoms with Crippen LogP contribution in [0.1, 0.15) is 24.3 Å². The van der Waals surface area contributed by atoms with Crippen LogP contribution in [-0.2, 0) is 9.84 Å². The number of rotatable bonds is 3. The first-order chi connectivity index (χ1) is 10.5. The lowest BCUT2D eigenvalue weighted by Crippen LogP contribution is -2.08. The molecule has 22 heavy (non-hydrogen) atoms. The average Bonchev–Trinajstić information content (AvgIpc) is 3.26. The minimum Gasteiger partial charge on any atom is -0.227 e. The predicted octanol–water partition coefficient (Wildman–Crippen LogP) is 2.10. The summed E-state index contributed by atoms with van der Waals surface area (Å²) in [6, 6.07) is 7.92. The fourth-order valence-corrected chi connectivity index (χ4v) is 3.04. The Morgan fingerprint density at radius 1 is 1.23 bits per heavy atom. The predicted molar refractivity (Wildman–Crippen MR) is 81.7 cm³/mol. The Hall–Kier alpha value is -2.28. The Morgan fingerprint density at radius 2 is 2.05 bits per heavy atom. The zero-order chi connectivity index (χ0) is 15.3. The van der Waals surface area contributed by atoms with E-state index in [2.05, 4.69) is 27.2 Å². The maximum absolute atomic E-state index is 11.6. The van der Waals surface area contributed by atoms with Crippen molar-refractivity contribution in [3.8, 4) is 5.82 Å². The summed E-state index contributed by atoms with van der Waals surface area (Å²) in [5, 5.41) is 5.18. The minimum absolute atomic E-state index is 0.191. The van der Waals surface area contributed by atoms with E-state index in [1.807, 2.05) is 6.07 Å². The van der Waals surface area contributed by atoms with Gasteiger partial charge in [0, 0.05) is 23.9 Å². The van der Waals surface area contributed by atoms with E-state index in [1.54, 1.807) is 16.9 Å². The summed E-state index contributed by atoms with van der Waals surface area (Å²) in [6.07, 6.45) is 6.82. The van der Waals surface area contributed by atoms with Crippen molar-refractivity contribution in [1.29, 1.82) is 0 Å². The normalized spacial score (nSPS) is 15.3. The van der Waals surface area contributed by atoms with Gasteiger partial charge in [-0.25, -0.2) is 18.1 Å². The molecule has 3 aromatic rings. The minimum atomic E-state index is -3.44. The van der Waals surface area contributed by atoms with Crippen molar-refractivity contribution in [3.63, 3.8) is 0 Å². The molecule has 6 nitrogen and oxygen atoms in total. The molecule has 0 radical (unpaired) electrons. The van der Waals surface area contributed by atoms with E-state index in [0.717, 1.165) is 17.2 Å². The molecular weight excluding hydrogens is 300 g/mol. The maximum Gasteiger partial charge on any atom is 0.248 e. The van der Waals surface area contributed by atoms with E-state index < -0.39 is 9.84 Å². The van der Waals surface area contributed by atoms with Crippen LogP contribution in [0.25, 0.3) is 16.7 Å². The summed E-state index contributed by atoms with van der Waals surface area (Å²) < 4.78 is 24.8. The van der Waals surface area contributed by atoms with Crippen LogP contribution >= 0.6 is 0 Å². The van der Waals surface area contributed by atoms with Gasteiger partial charge in [-0.15, -0.1) is 0 Å². The van der Waals surface area contributed by atoms with Crippen LogP contribution in [0.15, 0.2) is 41.8 Å². The third-order valence-electron chi connectivity index (χ3n) is 3.81. The van der Waals surface area contributed by atoms with E-state index in [4.69, 9.17) is 0 Å². The number of fused-ring (bicyclic) bond motifs is 1. The zero-order valence-corrected chi connectivity index (χ0v) is 12.8. The molecule has 7 heteroatoms. The topological polar surface area (TPSA) is 77.7 Å². The Labute approximate surface area is 127 Å². The molecule has 0 spiro atoms. The average molecular weight is 314 g/mol. The first kappa shape index (κ1) is 13.4. The lowest BCUT2D eigenvalue weighted by molar-refractivity contribution is 0.592. The summed E-state index contributed by atoms with van der Waals surface area (Å²) >= 11 is 0. The monoisotopic (exact) mass is 314 g/mol. The van der Waals surface area contributed by atoms with Gasteiger partial charge in [-0.05, 0) is 36.5 Å². The second kappa shape index (κ2) is 4.61. The van der Waals surface area contributed by atoms with Gasteiger partial charge in [0.2, 0.25) is 15.0 Å². The second-order valence-electron chi connectivity index (χ2n) is 5.62. The standard InChI is InChI=1S/C15H14N4O2S/c1-22(20,21)15-16-7-6-14(18-15)19-13-5-4-11(10-2-3-10)8-12(13)9-17-19/h4-10H,2-3H2,1H3. The van der Waals surface area contributed by atoms with Gasteiger partial charge in [-0.2, -0.15) is 10.1 Å². The Kier molecular flexibility index (Phi) is 2.80. The Morgan fingerprint density at radius 3 is 2.77 bits per heavy atom. The van der Waals surface area contributed by atoms with Gasteiger partial charge in [0.1, 0.15) is 0 Å². The van der Waals surface area contributed by atoms with Crippen molar-refractivity contribution in [2.75, 3.05) is 6.26 Å². The molecule has 0 saturated heterocycles. The van der Waals surface area contributed by atoms with Crippen molar-refractivity contribution in [1.82, 2.24) is 19.7 Å². The van der Waals surface area contributed by atoms with Crippen molar-refractivity contribution in [2.45, 2.75) is 23.9 Å². The van der Waals surface area contributed by atoms with Gasteiger partial charge in [0.25, 0.3) is 0 Å². The van der Waals surface area contributed by atoms with Crippen LogP contribution in [0.5, 0.6) is 0 Å². The molecule has 0 atom stereocenters. The smallest absolute Gasteiger partial charge is 0.227 e. The molecule has 1 saturated carbocycles. The van der Waals surface area contributed by atoms with Crippen LogP contribution < -0.4 is 0 Å². The van der Waals surface area contributed by atoms with Crippen molar-refractivity contribution >= 4 is 20.7 Å². The number of sulfone groups is 1. The molecule has 0 N–H and O–H groups in total. The van der Waals surface area contributed by atoms with Crippen LogP contribution in [0.2, 0.25) is 0 Å². The fourth-order valence-electron chi connectivity index (χ4n) is 2.53. The van der Waals surface area contributed by atoms with Crippen LogP contribution in [0.4, 0.5) is 0 Å². The SMILES string of the molecule is CS(=O)(=O)c1nccc(-n2ncc3cc(C4CC4)ccc32)n1. The maximum atomic E-state index is 11.6. The van der Waals surface area contributed by atoms with E-state index in [-0.39, 0.29) is 5.16 Å². The van der Waals surface area contributed by atoms with Crippen molar-refractivity contribution in [2.24, 2.45) is 0 Å². The number of nitrogens with zero attached hydrogens (tertiary/aromatic N) is 4. The molecule has 2 heterocycles. The molecule has 112 valence electrons. The van der Waals surface area contributed by atoms with E-state index in [1.165, 1.54) is 24.6 Å². The summed E-state index contributed by atoms with van der Waals surface area (Å²) in [5.41, 5.74) is 2.24. The summed E-state index contributed by atoms with van der Waals surface area (Å²) in [4.78, 5) is 7.91. The molecule has 0 amide bonds. The number of benzene rings is 1. The first-order valence-corrected chi connectivity index (χ1v) is 8.93. The van der Waals surface area contributed by atoms with Crippen LogP contribution in [-0.4, -0.2) is 34.4 Å². The highest BCUT2D eigenvalue weighted by Crippen LogP contribution is 2.40. The van der Waals surface area contributed by atoms with Crippen molar-refractivity contribution < 1.29 is 8.42 Å². The molecule has 4 rings (SSSR count). The Balaban J connectivity index is 1.84. The van der Waals surface area contributed by atoms with Gasteiger partial charge < -0.3 is 0 Å². The molecule has 0 unspecified atom stereocenters. The second-order valence-corrected chi connectivity index (χ2v) is 7.53. The molecule has 1 aromatic carbocycles. The third kappa shape index (κ3) is 2.27. The number of hydrogen-bond acceptors (Lipinski definition) is 5. The highest BCUT2D eigenvalue weighted by molar-refractivity contribution is 7.90. The largest absolute Gasteiger partial charge is 0.248 e.